The highest BCUT2D eigenvalue weighted by molar-refractivity contribution is 5.93. The molecule has 7 heteroatoms. The van der Waals surface area contributed by atoms with Crippen molar-refractivity contribution in [3.05, 3.63) is 11.4 Å². The molecule has 1 aromatic heterocycles. The number of amides is 1. The first-order valence-corrected chi connectivity index (χ1v) is 5.87. The van der Waals surface area contributed by atoms with Gasteiger partial charge in [-0.1, -0.05) is 0 Å². The summed E-state index contributed by atoms with van der Waals surface area (Å²) in [7, 11) is 0. The number of aliphatic hydroxyl groups is 2. The van der Waals surface area contributed by atoms with Crippen molar-refractivity contribution in [2.75, 3.05) is 25.0 Å². The summed E-state index contributed by atoms with van der Waals surface area (Å²) >= 11 is 0. The van der Waals surface area contributed by atoms with Gasteiger partial charge in [0.15, 0.2) is 0 Å². The largest absolute Gasteiger partial charge is 0.389 e. The Bertz CT molecular complexity index is 416. The predicted molar refractivity (Wildman–Crippen MR) is 65.1 cm³/mol. The number of likely N-dealkylation sites (tertiary alicyclic amines) is 1. The molecule has 2 heterocycles. The summed E-state index contributed by atoms with van der Waals surface area (Å²) in [5, 5.41) is 28.3. The number of β-amino-alcohol motifs (C(OH)–C–C–N with tert-alkyl or cyclic N) is 2. The number of rotatable bonds is 3. The maximum atomic E-state index is 11.8. The lowest BCUT2D eigenvalue weighted by Gasteiger charge is -2.14. The molecule has 1 amide bonds. The van der Waals surface area contributed by atoms with E-state index in [1.165, 1.54) is 0 Å². The minimum absolute atomic E-state index is 0.151. The van der Waals surface area contributed by atoms with Crippen molar-refractivity contribution in [2.24, 2.45) is 0 Å². The number of hydrogen-bond acceptors (Lipinski definition) is 5. The average Bonchev–Trinajstić information content (AvgIpc) is 2.76. The molecule has 100 valence electrons. The van der Waals surface area contributed by atoms with Crippen LogP contribution >= 0.6 is 0 Å². The lowest BCUT2D eigenvalue weighted by molar-refractivity contribution is -0.117. The van der Waals surface area contributed by atoms with Crippen LogP contribution in [0, 0.1) is 13.8 Å². The molecule has 7 nitrogen and oxygen atoms in total. The molecule has 1 aliphatic heterocycles. The van der Waals surface area contributed by atoms with Gasteiger partial charge in [0.25, 0.3) is 0 Å². The summed E-state index contributed by atoms with van der Waals surface area (Å²) < 4.78 is 0. The Morgan fingerprint density at radius 1 is 1.44 bits per heavy atom. The number of carbonyl (C=O) groups is 1. The zero-order valence-electron chi connectivity index (χ0n) is 10.5. The Kier molecular flexibility index (Phi) is 3.65. The molecular weight excluding hydrogens is 236 g/mol. The van der Waals surface area contributed by atoms with Gasteiger partial charge in [0, 0.05) is 13.1 Å². The van der Waals surface area contributed by atoms with E-state index < -0.39 is 12.2 Å². The van der Waals surface area contributed by atoms with E-state index in [1.807, 2.05) is 13.8 Å². The van der Waals surface area contributed by atoms with Gasteiger partial charge in [0.1, 0.15) is 0 Å². The highest BCUT2D eigenvalue weighted by Gasteiger charge is 2.30. The van der Waals surface area contributed by atoms with Gasteiger partial charge in [0.05, 0.1) is 35.8 Å². The van der Waals surface area contributed by atoms with E-state index in [4.69, 9.17) is 0 Å². The highest BCUT2D eigenvalue weighted by atomic mass is 16.3. The lowest BCUT2D eigenvalue weighted by Crippen LogP contribution is -2.32. The van der Waals surface area contributed by atoms with Gasteiger partial charge in [0.2, 0.25) is 5.91 Å². The van der Waals surface area contributed by atoms with Gasteiger partial charge >= 0.3 is 0 Å². The van der Waals surface area contributed by atoms with E-state index in [0.717, 1.165) is 11.4 Å². The first kappa shape index (κ1) is 13.0. The molecule has 0 aliphatic carbocycles. The second-order valence-corrected chi connectivity index (χ2v) is 4.69. The molecule has 4 N–H and O–H groups in total. The van der Waals surface area contributed by atoms with Crippen molar-refractivity contribution < 1.29 is 15.0 Å². The fraction of sp³-hybridized carbons (Fsp3) is 0.636. The van der Waals surface area contributed by atoms with Crippen LogP contribution in [-0.4, -0.2) is 63.1 Å². The molecule has 0 bridgehead atoms. The van der Waals surface area contributed by atoms with Gasteiger partial charge < -0.3 is 15.5 Å². The maximum Gasteiger partial charge on any atom is 0.238 e. The molecule has 18 heavy (non-hydrogen) atoms. The van der Waals surface area contributed by atoms with Crippen LogP contribution < -0.4 is 5.32 Å². The summed E-state index contributed by atoms with van der Waals surface area (Å²) in [4.78, 5) is 13.5. The van der Waals surface area contributed by atoms with Crippen LogP contribution in [0.1, 0.15) is 11.4 Å². The topological polar surface area (TPSA) is 101 Å². The predicted octanol–water partition coefficient (Wildman–Crippen LogP) is -0.998. The summed E-state index contributed by atoms with van der Waals surface area (Å²) in [5.41, 5.74) is 2.24. The SMILES string of the molecule is Cc1n[nH]c(C)c1NC(=O)CN1CC(O)C(O)C1. The van der Waals surface area contributed by atoms with Crippen LogP contribution in [-0.2, 0) is 4.79 Å². The van der Waals surface area contributed by atoms with Crippen molar-refractivity contribution in [3.63, 3.8) is 0 Å². The van der Waals surface area contributed by atoms with E-state index in [1.54, 1.807) is 4.90 Å². The zero-order valence-corrected chi connectivity index (χ0v) is 10.5. The smallest absolute Gasteiger partial charge is 0.238 e. The number of aryl methyl sites for hydroxylation is 2. The van der Waals surface area contributed by atoms with E-state index >= 15 is 0 Å². The second kappa shape index (κ2) is 5.05. The average molecular weight is 254 g/mol. The third-order valence-electron chi connectivity index (χ3n) is 3.09. The number of hydrogen-bond donors (Lipinski definition) is 4. The van der Waals surface area contributed by atoms with E-state index in [9.17, 15) is 15.0 Å². The number of nitrogens with one attached hydrogen (secondary N) is 2. The summed E-state index contributed by atoms with van der Waals surface area (Å²) in [5.74, 6) is -0.177. The van der Waals surface area contributed by atoms with Gasteiger partial charge in [-0.25, -0.2) is 0 Å². The number of anilines is 1. The normalized spacial score (nSPS) is 24.4. The van der Waals surface area contributed by atoms with Crippen molar-refractivity contribution in [3.8, 4) is 0 Å². The third-order valence-corrected chi connectivity index (χ3v) is 3.09. The van der Waals surface area contributed by atoms with Gasteiger partial charge in [-0.2, -0.15) is 5.10 Å². The van der Waals surface area contributed by atoms with Crippen molar-refractivity contribution in [1.82, 2.24) is 15.1 Å². The number of aliphatic hydroxyl groups excluding tert-OH is 2. The molecule has 0 spiro atoms. The lowest BCUT2D eigenvalue weighted by atomic mass is 10.3. The Hall–Kier alpha value is -1.44. The van der Waals surface area contributed by atoms with Crippen LogP contribution in [0.4, 0.5) is 5.69 Å². The molecule has 0 radical (unpaired) electrons. The fourth-order valence-electron chi connectivity index (χ4n) is 2.09. The molecule has 2 atom stereocenters. The zero-order chi connectivity index (χ0) is 13.3. The van der Waals surface area contributed by atoms with Crippen molar-refractivity contribution in [2.45, 2.75) is 26.1 Å². The summed E-state index contributed by atoms with van der Waals surface area (Å²) in [6.07, 6.45) is -1.54. The standard InChI is InChI=1S/C11H18N4O3/c1-6-11(7(2)14-13-6)12-10(18)5-15-3-8(16)9(17)4-15/h8-9,16-17H,3-5H2,1-2H3,(H,12,18)(H,13,14). The molecule has 1 fully saturated rings. The number of carbonyl (C=O) groups excluding carboxylic acids is 1. The van der Waals surface area contributed by atoms with Crippen LogP contribution in [0.15, 0.2) is 0 Å². The van der Waals surface area contributed by atoms with Crippen LogP contribution in [0.3, 0.4) is 0 Å². The number of aromatic amines is 1. The number of H-pyrrole nitrogens is 1. The Labute approximate surface area is 105 Å². The van der Waals surface area contributed by atoms with E-state index in [0.29, 0.717) is 18.8 Å². The van der Waals surface area contributed by atoms with E-state index in [-0.39, 0.29) is 12.5 Å². The monoisotopic (exact) mass is 254 g/mol. The molecule has 1 aromatic rings. The first-order chi connectivity index (χ1) is 8.47. The molecule has 1 saturated heterocycles. The third kappa shape index (κ3) is 2.69. The molecule has 0 saturated carbocycles. The molecular formula is C11H18N4O3. The molecule has 1 aliphatic rings. The Morgan fingerprint density at radius 3 is 2.56 bits per heavy atom. The molecule has 0 aromatic carbocycles. The minimum Gasteiger partial charge on any atom is -0.389 e. The van der Waals surface area contributed by atoms with Crippen molar-refractivity contribution in [1.29, 1.82) is 0 Å². The Morgan fingerprint density at radius 2 is 2.06 bits per heavy atom. The number of nitrogens with zero attached hydrogens (tertiary/aromatic N) is 2. The fourth-order valence-corrected chi connectivity index (χ4v) is 2.09. The molecule has 2 rings (SSSR count). The van der Waals surface area contributed by atoms with Gasteiger partial charge in [-0.15, -0.1) is 0 Å². The van der Waals surface area contributed by atoms with Gasteiger partial charge in [-0.05, 0) is 13.8 Å². The van der Waals surface area contributed by atoms with Crippen LogP contribution in [0.2, 0.25) is 0 Å². The minimum atomic E-state index is -0.768. The second-order valence-electron chi connectivity index (χ2n) is 4.69. The van der Waals surface area contributed by atoms with Crippen molar-refractivity contribution >= 4 is 11.6 Å². The van der Waals surface area contributed by atoms with E-state index in [2.05, 4.69) is 15.5 Å². The molecule has 2 unspecified atom stereocenters. The number of aromatic nitrogens is 2. The summed E-state index contributed by atoms with van der Waals surface area (Å²) in [6, 6.07) is 0. The van der Waals surface area contributed by atoms with Crippen LogP contribution in [0.5, 0.6) is 0 Å². The maximum absolute atomic E-state index is 11.8. The quantitative estimate of drug-likeness (QED) is 0.554. The first-order valence-electron chi connectivity index (χ1n) is 5.87. The Balaban J connectivity index is 1.90. The van der Waals surface area contributed by atoms with Gasteiger partial charge in [-0.3, -0.25) is 14.8 Å². The highest BCUT2D eigenvalue weighted by Crippen LogP contribution is 2.16. The summed E-state index contributed by atoms with van der Waals surface area (Å²) in [6.45, 7) is 4.43. The van der Waals surface area contributed by atoms with Crippen LogP contribution in [0.25, 0.3) is 0 Å².